The SMILES string of the molecule is CCS(=O)(=O)N(CC(=O)NCCCOC(C)C)c1ccc2c(c1)OCCO2. The summed E-state index contributed by atoms with van der Waals surface area (Å²) in [6.45, 7) is 6.95. The van der Waals surface area contributed by atoms with Crippen LogP contribution in [-0.4, -0.2) is 59.1 Å². The number of nitrogens with one attached hydrogen (secondary N) is 1. The van der Waals surface area contributed by atoms with Crippen molar-refractivity contribution in [2.75, 3.05) is 43.0 Å². The van der Waals surface area contributed by atoms with Crippen molar-refractivity contribution in [3.8, 4) is 11.5 Å². The largest absolute Gasteiger partial charge is 0.486 e. The minimum Gasteiger partial charge on any atom is -0.486 e. The predicted octanol–water partition coefficient (Wildman–Crippen LogP) is 1.55. The third-order valence-electron chi connectivity index (χ3n) is 3.90. The van der Waals surface area contributed by atoms with Crippen molar-refractivity contribution in [3.05, 3.63) is 18.2 Å². The number of amides is 1. The van der Waals surface area contributed by atoms with E-state index in [9.17, 15) is 13.2 Å². The van der Waals surface area contributed by atoms with Crippen molar-refractivity contribution >= 4 is 21.6 Å². The third-order valence-corrected chi connectivity index (χ3v) is 5.64. The molecule has 0 bridgehead atoms. The maximum atomic E-state index is 12.5. The molecule has 1 aliphatic heterocycles. The van der Waals surface area contributed by atoms with Crippen LogP contribution in [0, 0.1) is 0 Å². The molecule has 27 heavy (non-hydrogen) atoms. The molecule has 0 unspecified atom stereocenters. The summed E-state index contributed by atoms with van der Waals surface area (Å²) in [5.41, 5.74) is 0.374. The fraction of sp³-hybridized carbons (Fsp3) is 0.611. The van der Waals surface area contributed by atoms with Crippen molar-refractivity contribution in [3.63, 3.8) is 0 Å². The van der Waals surface area contributed by atoms with Crippen LogP contribution in [0.25, 0.3) is 0 Å². The van der Waals surface area contributed by atoms with Gasteiger partial charge in [0.05, 0.1) is 17.5 Å². The first-order valence-corrected chi connectivity index (χ1v) is 10.7. The number of nitrogens with zero attached hydrogens (tertiary/aromatic N) is 1. The van der Waals surface area contributed by atoms with Gasteiger partial charge in [-0.2, -0.15) is 0 Å². The minimum absolute atomic E-state index is 0.114. The van der Waals surface area contributed by atoms with E-state index in [0.717, 1.165) is 4.31 Å². The molecule has 0 saturated heterocycles. The highest BCUT2D eigenvalue weighted by molar-refractivity contribution is 7.92. The molecule has 0 atom stereocenters. The van der Waals surface area contributed by atoms with E-state index in [1.165, 1.54) is 0 Å². The molecule has 1 aliphatic rings. The van der Waals surface area contributed by atoms with Crippen molar-refractivity contribution in [2.45, 2.75) is 33.3 Å². The van der Waals surface area contributed by atoms with E-state index < -0.39 is 10.0 Å². The second kappa shape index (κ2) is 9.80. The molecule has 9 heteroatoms. The molecule has 1 amide bonds. The molecule has 0 spiro atoms. The first-order valence-electron chi connectivity index (χ1n) is 9.12. The molecule has 152 valence electrons. The Hall–Kier alpha value is -2.00. The zero-order valence-electron chi connectivity index (χ0n) is 16.1. The van der Waals surface area contributed by atoms with E-state index in [-0.39, 0.29) is 24.3 Å². The number of benzene rings is 1. The molecular formula is C18H28N2O6S. The monoisotopic (exact) mass is 400 g/mol. The number of ether oxygens (including phenoxy) is 3. The Bertz CT molecular complexity index is 735. The van der Waals surface area contributed by atoms with E-state index in [1.54, 1.807) is 25.1 Å². The van der Waals surface area contributed by atoms with Gasteiger partial charge in [0.2, 0.25) is 15.9 Å². The lowest BCUT2D eigenvalue weighted by Crippen LogP contribution is -2.42. The summed E-state index contributed by atoms with van der Waals surface area (Å²) in [6.07, 6.45) is 0.801. The summed E-state index contributed by atoms with van der Waals surface area (Å²) < 4.78 is 42.5. The molecular weight excluding hydrogens is 372 g/mol. The smallest absolute Gasteiger partial charge is 0.240 e. The molecule has 0 aromatic heterocycles. The van der Waals surface area contributed by atoms with Gasteiger partial charge in [-0.15, -0.1) is 0 Å². The maximum absolute atomic E-state index is 12.5. The van der Waals surface area contributed by atoms with Crippen LogP contribution in [0.2, 0.25) is 0 Å². The second-order valence-corrected chi connectivity index (χ2v) is 8.54. The summed E-state index contributed by atoms with van der Waals surface area (Å²) in [6, 6.07) is 4.86. The molecule has 0 saturated carbocycles. The van der Waals surface area contributed by atoms with Gasteiger partial charge in [-0.25, -0.2) is 8.42 Å². The predicted molar refractivity (Wildman–Crippen MR) is 103 cm³/mol. The van der Waals surface area contributed by atoms with Crippen LogP contribution in [0.3, 0.4) is 0 Å². The lowest BCUT2D eigenvalue weighted by molar-refractivity contribution is -0.119. The molecule has 1 aromatic rings. The van der Waals surface area contributed by atoms with Crippen molar-refractivity contribution < 1.29 is 27.4 Å². The number of anilines is 1. The lowest BCUT2D eigenvalue weighted by atomic mass is 10.2. The number of sulfonamides is 1. The van der Waals surface area contributed by atoms with E-state index in [1.807, 2.05) is 13.8 Å². The maximum Gasteiger partial charge on any atom is 0.240 e. The normalized spacial score (nSPS) is 13.5. The molecule has 8 nitrogen and oxygen atoms in total. The quantitative estimate of drug-likeness (QED) is 0.599. The summed E-state index contributed by atoms with van der Waals surface area (Å²) in [7, 11) is -3.63. The standard InChI is InChI=1S/C18H28N2O6S/c1-4-27(22,23)20(13-18(21)19-8-5-9-24-14(2)3)15-6-7-16-17(12-15)26-11-10-25-16/h6-7,12,14H,4-5,8-11,13H2,1-3H3,(H,19,21). The number of hydrogen-bond acceptors (Lipinski definition) is 6. The van der Waals surface area contributed by atoms with Gasteiger partial charge in [0.25, 0.3) is 0 Å². The highest BCUT2D eigenvalue weighted by Gasteiger charge is 2.25. The van der Waals surface area contributed by atoms with Crippen LogP contribution in [0.1, 0.15) is 27.2 Å². The third kappa shape index (κ3) is 6.28. The van der Waals surface area contributed by atoms with Crippen molar-refractivity contribution in [1.82, 2.24) is 5.32 Å². The average Bonchev–Trinajstić information content (AvgIpc) is 2.65. The van der Waals surface area contributed by atoms with Crippen LogP contribution in [0.5, 0.6) is 11.5 Å². The van der Waals surface area contributed by atoms with Crippen molar-refractivity contribution in [2.24, 2.45) is 0 Å². The zero-order valence-corrected chi connectivity index (χ0v) is 16.9. The van der Waals surface area contributed by atoms with Crippen LogP contribution in [-0.2, 0) is 19.6 Å². The van der Waals surface area contributed by atoms with Gasteiger partial charge in [-0.1, -0.05) is 0 Å². The summed E-state index contributed by atoms with van der Waals surface area (Å²) in [4.78, 5) is 12.3. The highest BCUT2D eigenvalue weighted by atomic mass is 32.2. The first-order chi connectivity index (χ1) is 12.8. The molecule has 1 aromatic carbocycles. The van der Waals surface area contributed by atoms with Gasteiger partial charge in [-0.05, 0) is 39.3 Å². The fourth-order valence-electron chi connectivity index (χ4n) is 2.50. The van der Waals surface area contributed by atoms with Gasteiger partial charge in [0, 0.05) is 19.2 Å². The molecule has 1 heterocycles. The molecule has 0 radical (unpaired) electrons. The van der Waals surface area contributed by atoms with Gasteiger partial charge in [-0.3, -0.25) is 9.10 Å². The van der Waals surface area contributed by atoms with Gasteiger partial charge < -0.3 is 19.5 Å². The molecule has 1 N–H and O–H groups in total. The Kier molecular flexibility index (Phi) is 7.73. The number of carbonyl (C=O) groups is 1. The lowest BCUT2D eigenvalue weighted by Gasteiger charge is -2.25. The van der Waals surface area contributed by atoms with E-state index >= 15 is 0 Å². The Labute approximate surface area is 160 Å². The summed E-state index contributed by atoms with van der Waals surface area (Å²) in [5.74, 6) is 0.554. The highest BCUT2D eigenvalue weighted by Crippen LogP contribution is 2.34. The van der Waals surface area contributed by atoms with E-state index in [2.05, 4.69) is 5.32 Å². The van der Waals surface area contributed by atoms with Crippen LogP contribution in [0.4, 0.5) is 5.69 Å². The van der Waals surface area contributed by atoms with Crippen molar-refractivity contribution in [1.29, 1.82) is 0 Å². The minimum atomic E-state index is -3.63. The van der Waals surface area contributed by atoms with Crippen LogP contribution in [0.15, 0.2) is 18.2 Å². The zero-order chi connectivity index (χ0) is 19.9. The molecule has 0 fully saturated rings. The first kappa shape index (κ1) is 21.3. The second-order valence-electron chi connectivity index (χ2n) is 6.36. The number of rotatable bonds is 10. The molecule has 0 aliphatic carbocycles. The Morgan fingerprint density at radius 2 is 1.96 bits per heavy atom. The van der Waals surface area contributed by atoms with E-state index in [0.29, 0.717) is 50.0 Å². The topological polar surface area (TPSA) is 94.2 Å². The Morgan fingerprint density at radius 3 is 2.63 bits per heavy atom. The Balaban J connectivity index is 2.04. The number of fused-ring (bicyclic) bond motifs is 1. The van der Waals surface area contributed by atoms with Gasteiger partial charge >= 0.3 is 0 Å². The van der Waals surface area contributed by atoms with Crippen LogP contribution >= 0.6 is 0 Å². The number of hydrogen-bond donors (Lipinski definition) is 1. The Morgan fingerprint density at radius 1 is 1.26 bits per heavy atom. The van der Waals surface area contributed by atoms with Gasteiger partial charge in [0.1, 0.15) is 19.8 Å². The molecule has 2 rings (SSSR count). The summed E-state index contributed by atoms with van der Waals surface area (Å²) in [5, 5.41) is 2.73. The number of carbonyl (C=O) groups excluding carboxylic acids is 1. The van der Waals surface area contributed by atoms with E-state index in [4.69, 9.17) is 14.2 Å². The average molecular weight is 400 g/mol. The summed E-state index contributed by atoms with van der Waals surface area (Å²) >= 11 is 0. The fourth-order valence-corrected chi connectivity index (χ4v) is 3.56. The van der Waals surface area contributed by atoms with Gasteiger partial charge in [0.15, 0.2) is 11.5 Å². The van der Waals surface area contributed by atoms with Crippen LogP contribution < -0.4 is 19.1 Å².